The number of nitrogens with two attached hydrogens (primary N) is 1. The van der Waals surface area contributed by atoms with Crippen LogP contribution in [0.25, 0.3) is 6.08 Å². The number of piperidine rings is 1. The lowest BCUT2D eigenvalue weighted by molar-refractivity contribution is -0.123. The summed E-state index contributed by atoms with van der Waals surface area (Å²) in [5.74, 6) is -0.256. The molecule has 1 amide bonds. The van der Waals surface area contributed by atoms with Crippen molar-refractivity contribution < 1.29 is 13.2 Å². The third-order valence-electron chi connectivity index (χ3n) is 6.20. The zero-order valence-electron chi connectivity index (χ0n) is 15.5. The molecule has 1 aromatic carbocycles. The van der Waals surface area contributed by atoms with Gasteiger partial charge >= 0.3 is 0 Å². The van der Waals surface area contributed by atoms with Crippen LogP contribution in [-0.2, 0) is 21.2 Å². The molecule has 0 spiro atoms. The monoisotopic (exact) mass is 389 g/mol. The van der Waals surface area contributed by atoms with Gasteiger partial charge in [-0.15, -0.1) is 0 Å². The number of benzene rings is 1. The molecule has 2 fully saturated rings. The van der Waals surface area contributed by atoms with E-state index in [9.17, 15) is 13.2 Å². The van der Waals surface area contributed by atoms with Gasteiger partial charge in [-0.2, -0.15) is 4.31 Å². The number of amides is 1. The Balaban J connectivity index is 1.45. The summed E-state index contributed by atoms with van der Waals surface area (Å²) in [6, 6.07) is 8.05. The Kier molecular flexibility index (Phi) is 5.09. The van der Waals surface area contributed by atoms with Crippen molar-refractivity contribution in [3.63, 3.8) is 0 Å². The number of primary amides is 1. The largest absolute Gasteiger partial charge is 0.368 e. The first-order chi connectivity index (χ1) is 13.0. The summed E-state index contributed by atoms with van der Waals surface area (Å²) in [5.41, 5.74) is 7.76. The fourth-order valence-corrected chi connectivity index (χ4v) is 6.38. The molecule has 27 heavy (non-hydrogen) atoms. The van der Waals surface area contributed by atoms with Crippen LogP contribution in [0.15, 0.2) is 29.2 Å². The summed E-state index contributed by atoms with van der Waals surface area (Å²) in [6.45, 7) is 1.90. The summed E-state index contributed by atoms with van der Waals surface area (Å²) < 4.78 is 27.9. The third-order valence-corrected chi connectivity index (χ3v) is 8.23. The number of fused-ring (bicyclic) bond motifs is 1. The Labute approximate surface area is 161 Å². The van der Waals surface area contributed by atoms with Crippen LogP contribution < -0.4 is 5.73 Å². The second-order valence-corrected chi connectivity index (χ2v) is 9.73. The molecular weight excluding hydrogens is 362 g/mol. The molecule has 7 heteroatoms. The molecule has 0 unspecified atom stereocenters. The molecule has 1 aliphatic carbocycles. The number of sulfonamides is 1. The van der Waals surface area contributed by atoms with Gasteiger partial charge in [0.25, 0.3) is 0 Å². The van der Waals surface area contributed by atoms with Crippen molar-refractivity contribution in [1.82, 2.24) is 9.21 Å². The van der Waals surface area contributed by atoms with Crippen LogP contribution in [0.1, 0.15) is 43.2 Å². The molecule has 0 radical (unpaired) electrons. The van der Waals surface area contributed by atoms with Crippen molar-refractivity contribution in [2.24, 2.45) is 5.73 Å². The van der Waals surface area contributed by atoms with Crippen LogP contribution in [-0.4, -0.2) is 55.2 Å². The molecule has 0 aromatic heterocycles. The normalized spacial score (nSPS) is 25.2. The van der Waals surface area contributed by atoms with Crippen LogP contribution in [0.2, 0.25) is 0 Å². The minimum Gasteiger partial charge on any atom is -0.368 e. The first kappa shape index (κ1) is 18.7. The molecule has 2 heterocycles. The summed E-state index contributed by atoms with van der Waals surface area (Å²) in [7, 11) is -3.42. The van der Waals surface area contributed by atoms with Gasteiger partial charge in [0, 0.05) is 19.1 Å². The molecule has 2 aliphatic heterocycles. The van der Waals surface area contributed by atoms with Gasteiger partial charge in [-0.1, -0.05) is 24.3 Å². The number of carbonyl (C=O) groups excluding carboxylic acids is 1. The predicted octanol–water partition coefficient (Wildman–Crippen LogP) is 1.72. The SMILES string of the molecule is NC(=O)[C@@H]1CCCN1C1CCN(S(=O)(=O)C2=Cc3ccccc3CC2)CC1. The number of hydrogen-bond acceptors (Lipinski definition) is 4. The second-order valence-electron chi connectivity index (χ2n) is 7.74. The van der Waals surface area contributed by atoms with Crippen LogP contribution >= 0.6 is 0 Å². The average molecular weight is 390 g/mol. The van der Waals surface area contributed by atoms with Crippen LogP contribution in [0, 0.1) is 0 Å². The minimum absolute atomic E-state index is 0.185. The maximum Gasteiger partial charge on any atom is 0.239 e. The predicted molar refractivity (Wildman–Crippen MR) is 105 cm³/mol. The van der Waals surface area contributed by atoms with E-state index in [1.165, 1.54) is 5.56 Å². The molecule has 2 saturated heterocycles. The molecule has 146 valence electrons. The number of aryl methyl sites for hydroxylation is 1. The van der Waals surface area contributed by atoms with Gasteiger partial charge < -0.3 is 5.73 Å². The van der Waals surface area contributed by atoms with Gasteiger partial charge in [-0.25, -0.2) is 8.42 Å². The van der Waals surface area contributed by atoms with Crippen LogP contribution in [0.5, 0.6) is 0 Å². The molecule has 0 saturated carbocycles. The smallest absolute Gasteiger partial charge is 0.239 e. The quantitative estimate of drug-likeness (QED) is 0.850. The Morgan fingerprint density at radius 1 is 1.04 bits per heavy atom. The number of nitrogens with zero attached hydrogens (tertiary/aromatic N) is 2. The summed E-state index contributed by atoms with van der Waals surface area (Å²) in [4.78, 5) is 14.4. The highest BCUT2D eigenvalue weighted by atomic mass is 32.2. The van der Waals surface area contributed by atoms with Crippen molar-refractivity contribution in [2.75, 3.05) is 19.6 Å². The van der Waals surface area contributed by atoms with Crippen molar-refractivity contribution in [2.45, 2.75) is 50.6 Å². The van der Waals surface area contributed by atoms with Gasteiger partial charge in [-0.3, -0.25) is 9.69 Å². The highest BCUT2D eigenvalue weighted by Crippen LogP contribution is 2.32. The molecule has 1 atom stereocenters. The number of rotatable bonds is 4. The van der Waals surface area contributed by atoms with E-state index in [0.29, 0.717) is 24.4 Å². The van der Waals surface area contributed by atoms with Crippen LogP contribution in [0.4, 0.5) is 0 Å². The van der Waals surface area contributed by atoms with E-state index >= 15 is 0 Å². The van der Waals surface area contributed by atoms with E-state index in [1.807, 2.05) is 24.3 Å². The Bertz CT molecular complexity index is 857. The fraction of sp³-hybridized carbons (Fsp3) is 0.550. The number of allylic oxidation sites excluding steroid dienone is 1. The molecule has 2 N–H and O–H groups in total. The number of hydrogen-bond donors (Lipinski definition) is 1. The maximum atomic E-state index is 13.1. The molecule has 0 bridgehead atoms. The summed E-state index contributed by atoms with van der Waals surface area (Å²) in [5, 5.41) is 0. The zero-order valence-corrected chi connectivity index (χ0v) is 16.3. The van der Waals surface area contributed by atoms with Crippen molar-refractivity contribution in [3.8, 4) is 0 Å². The second kappa shape index (κ2) is 7.37. The fourth-order valence-electron chi connectivity index (χ4n) is 4.72. The Morgan fingerprint density at radius 3 is 2.52 bits per heavy atom. The minimum atomic E-state index is -3.42. The molecule has 4 rings (SSSR count). The van der Waals surface area contributed by atoms with E-state index in [-0.39, 0.29) is 18.0 Å². The van der Waals surface area contributed by atoms with E-state index in [4.69, 9.17) is 5.73 Å². The molecule has 6 nitrogen and oxygen atoms in total. The molecule has 1 aromatic rings. The van der Waals surface area contributed by atoms with Gasteiger partial charge in [-0.05, 0) is 62.3 Å². The topological polar surface area (TPSA) is 83.7 Å². The molecular formula is C20H27N3O3S. The van der Waals surface area contributed by atoms with Gasteiger partial charge in [0.1, 0.15) is 0 Å². The summed E-state index contributed by atoms with van der Waals surface area (Å²) >= 11 is 0. The van der Waals surface area contributed by atoms with E-state index in [0.717, 1.165) is 44.2 Å². The Morgan fingerprint density at radius 2 is 1.78 bits per heavy atom. The van der Waals surface area contributed by atoms with Gasteiger partial charge in [0.15, 0.2) is 0 Å². The zero-order chi connectivity index (χ0) is 19.0. The first-order valence-corrected chi connectivity index (χ1v) is 11.2. The maximum absolute atomic E-state index is 13.1. The van der Waals surface area contributed by atoms with Gasteiger partial charge in [0.2, 0.25) is 15.9 Å². The first-order valence-electron chi connectivity index (χ1n) is 9.80. The molecule has 3 aliphatic rings. The number of carbonyl (C=O) groups is 1. The van der Waals surface area contributed by atoms with E-state index in [2.05, 4.69) is 11.0 Å². The van der Waals surface area contributed by atoms with Gasteiger partial charge in [0.05, 0.1) is 10.9 Å². The Hall–Kier alpha value is -1.70. The lowest BCUT2D eigenvalue weighted by Crippen LogP contribution is -2.51. The van der Waals surface area contributed by atoms with E-state index < -0.39 is 10.0 Å². The van der Waals surface area contributed by atoms with Crippen LogP contribution in [0.3, 0.4) is 0 Å². The highest BCUT2D eigenvalue weighted by Gasteiger charge is 2.38. The van der Waals surface area contributed by atoms with E-state index in [1.54, 1.807) is 4.31 Å². The average Bonchev–Trinajstić information content (AvgIpc) is 3.18. The summed E-state index contributed by atoms with van der Waals surface area (Å²) in [6.07, 6.45) is 6.49. The standard InChI is InChI=1S/C20H27N3O3S/c21-20(24)19-6-3-11-23(19)17-9-12-22(13-10-17)27(25,26)18-8-7-15-4-1-2-5-16(15)14-18/h1-2,4-5,14,17,19H,3,6-13H2,(H2,21,24)/t19-/m0/s1. The lowest BCUT2D eigenvalue weighted by Gasteiger charge is -2.38. The lowest BCUT2D eigenvalue weighted by atomic mass is 9.98. The van der Waals surface area contributed by atoms with Crippen molar-refractivity contribution >= 4 is 22.0 Å². The van der Waals surface area contributed by atoms with Crippen molar-refractivity contribution in [1.29, 1.82) is 0 Å². The number of likely N-dealkylation sites (tertiary alicyclic amines) is 1. The van der Waals surface area contributed by atoms with Crippen molar-refractivity contribution in [3.05, 3.63) is 40.3 Å². The third kappa shape index (κ3) is 3.56. The highest BCUT2D eigenvalue weighted by molar-refractivity contribution is 7.93.